The fourth-order valence-electron chi connectivity index (χ4n) is 0. The predicted molar refractivity (Wildman–Crippen MR) is 56.2 cm³/mol. The van der Waals surface area contributed by atoms with Crippen LogP contribution >= 0.6 is 19.7 Å². The standard InChI is InChI=1S/2Ca.2H2S3/c;;2*1-3-2/h;;2*1-2H/q2*+2;;/p-4. The van der Waals surface area contributed by atoms with Crippen molar-refractivity contribution in [2.24, 2.45) is 0 Å². The van der Waals surface area contributed by atoms with Crippen LogP contribution in [0.15, 0.2) is 0 Å². The summed E-state index contributed by atoms with van der Waals surface area (Å²) in [5.74, 6) is 0. The van der Waals surface area contributed by atoms with E-state index in [1.54, 1.807) is 0 Å². The zero-order valence-corrected chi connectivity index (χ0v) is 13.2. The van der Waals surface area contributed by atoms with Gasteiger partial charge in [-0.3, -0.25) is 0 Å². The summed E-state index contributed by atoms with van der Waals surface area (Å²) in [6.45, 7) is 0. The van der Waals surface area contributed by atoms with E-state index in [4.69, 9.17) is 0 Å². The monoisotopic (exact) mass is 272 g/mol. The first kappa shape index (κ1) is 22.9. The molecule has 40 valence electrons. The Balaban J connectivity index is -0.0000000160. The van der Waals surface area contributed by atoms with Gasteiger partial charge in [0.25, 0.3) is 0 Å². The summed E-state index contributed by atoms with van der Waals surface area (Å²) in [5.41, 5.74) is 0. The molecule has 0 amide bonds. The van der Waals surface area contributed by atoms with Gasteiger partial charge < -0.3 is 66.3 Å². The predicted octanol–water partition coefficient (Wildman–Crippen LogP) is 0.525. The first-order valence-electron chi connectivity index (χ1n) is 0.667. The van der Waals surface area contributed by atoms with Gasteiger partial charge in [-0.25, -0.2) is 0 Å². The molecule has 0 unspecified atom stereocenters. The van der Waals surface area contributed by atoms with Gasteiger partial charge in [0.15, 0.2) is 0 Å². The zero-order valence-electron chi connectivity index (χ0n) is 3.86. The molecule has 0 atom stereocenters. The fraction of sp³-hybridized carbons (Fsp3) is 0. The van der Waals surface area contributed by atoms with E-state index in [0.29, 0.717) is 0 Å². The molecule has 0 fully saturated rings. The van der Waals surface area contributed by atoms with E-state index in [0.717, 1.165) is 19.7 Å². The SMILES string of the molecule is [Ca+2].[Ca+2].[S-]S[S-].[S-]S[S-]. The summed E-state index contributed by atoms with van der Waals surface area (Å²) in [6.07, 6.45) is 0. The molecule has 0 aromatic heterocycles. The van der Waals surface area contributed by atoms with E-state index in [1.807, 2.05) is 0 Å². The third-order valence-electron chi connectivity index (χ3n) is 0. The third-order valence-corrected chi connectivity index (χ3v) is 0. The Labute approximate surface area is 138 Å². The summed E-state index contributed by atoms with van der Waals surface area (Å²) in [4.78, 5) is 0. The average Bonchev–Trinajstić information content (AvgIpc) is 1.39. The van der Waals surface area contributed by atoms with Crippen LogP contribution in [0.5, 0.6) is 0 Å². The van der Waals surface area contributed by atoms with Gasteiger partial charge in [-0.05, 0) is 0 Å². The summed E-state index contributed by atoms with van der Waals surface area (Å²) >= 11 is 16.5. The Morgan fingerprint density at radius 3 is 0.625 bits per heavy atom. The Morgan fingerprint density at radius 1 is 0.625 bits per heavy atom. The van der Waals surface area contributed by atoms with Crippen LogP contribution < -0.4 is 0 Å². The van der Waals surface area contributed by atoms with E-state index in [1.165, 1.54) is 0 Å². The van der Waals surface area contributed by atoms with Crippen LogP contribution in [0.2, 0.25) is 0 Å². The van der Waals surface area contributed by atoms with Crippen molar-refractivity contribution >= 4 is 142 Å². The molecule has 0 aromatic carbocycles. The zero-order chi connectivity index (χ0) is 5.41. The number of hydrogen-bond donors (Lipinski definition) is 0. The Kier molecular flexibility index (Phi) is 85.7. The molecular formula is Ca2S6. The molecule has 0 nitrogen and oxygen atoms in total. The van der Waals surface area contributed by atoms with Gasteiger partial charge in [0, 0.05) is 0 Å². The molecule has 0 rings (SSSR count). The maximum Gasteiger partial charge on any atom is 2.00 e. The quantitative estimate of drug-likeness (QED) is 0.356. The Bertz CT molecular complexity index is 8.49. The first-order valence-corrected chi connectivity index (χ1v) is 6.00. The maximum atomic E-state index is 4.12. The van der Waals surface area contributed by atoms with Crippen LogP contribution in [0.4, 0.5) is 0 Å². The Morgan fingerprint density at radius 2 is 0.625 bits per heavy atom. The molecule has 0 aromatic rings. The maximum absolute atomic E-state index is 4.12. The van der Waals surface area contributed by atoms with Gasteiger partial charge in [-0.1, -0.05) is 0 Å². The molecule has 8 heavy (non-hydrogen) atoms. The van der Waals surface area contributed by atoms with Crippen LogP contribution in [-0.4, -0.2) is 75.5 Å². The van der Waals surface area contributed by atoms with Crippen LogP contribution in [0.1, 0.15) is 0 Å². The molecule has 0 aliphatic heterocycles. The van der Waals surface area contributed by atoms with Crippen LogP contribution in [0, 0.1) is 0 Å². The molecular weight excluding hydrogens is 273 g/mol. The minimum absolute atomic E-state index is 0. The normalized spacial score (nSPS) is 4.50. The van der Waals surface area contributed by atoms with Crippen molar-refractivity contribution in [1.29, 1.82) is 0 Å². The molecule has 0 saturated carbocycles. The summed E-state index contributed by atoms with van der Waals surface area (Å²) in [6, 6.07) is 0. The van der Waals surface area contributed by atoms with Gasteiger partial charge >= 0.3 is 75.5 Å². The van der Waals surface area contributed by atoms with Crippen molar-refractivity contribution < 1.29 is 0 Å². The molecule has 8 heteroatoms. The third kappa shape index (κ3) is 46.0. The molecule has 0 bridgehead atoms. The second-order valence-corrected chi connectivity index (χ2v) is 3.67. The van der Waals surface area contributed by atoms with E-state index < -0.39 is 0 Å². The summed E-state index contributed by atoms with van der Waals surface area (Å²) < 4.78 is 0. The smallest absolute Gasteiger partial charge is 0.747 e. The van der Waals surface area contributed by atoms with Crippen molar-refractivity contribution in [2.75, 3.05) is 0 Å². The molecule has 0 N–H and O–H groups in total. The van der Waals surface area contributed by atoms with Gasteiger partial charge in [0.05, 0.1) is 0 Å². The molecule has 0 radical (unpaired) electrons. The second-order valence-electron chi connectivity index (χ2n) is 0.136. The van der Waals surface area contributed by atoms with Gasteiger partial charge in [-0.15, -0.1) is 0 Å². The first-order chi connectivity index (χ1) is 2.83. The van der Waals surface area contributed by atoms with E-state index in [-0.39, 0.29) is 75.5 Å². The van der Waals surface area contributed by atoms with E-state index in [9.17, 15) is 0 Å². The minimum atomic E-state index is 0. The van der Waals surface area contributed by atoms with Crippen molar-refractivity contribution in [1.82, 2.24) is 0 Å². The van der Waals surface area contributed by atoms with Crippen molar-refractivity contribution in [3.63, 3.8) is 0 Å². The van der Waals surface area contributed by atoms with Gasteiger partial charge in [0.2, 0.25) is 0 Å². The van der Waals surface area contributed by atoms with Gasteiger partial charge in [-0.2, -0.15) is 0 Å². The average molecular weight is 273 g/mol. The van der Waals surface area contributed by atoms with Crippen LogP contribution in [-0.2, 0) is 46.6 Å². The fourth-order valence-corrected chi connectivity index (χ4v) is 0. The topological polar surface area (TPSA) is 0 Å². The van der Waals surface area contributed by atoms with Crippen molar-refractivity contribution in [3.8, 4) is 0 Å². The summed E-state index contributed by atoms with van der Waals surface area (Å²) in [5, 5.41) is 0. The number of rotatable bonds is 0. The van der Waals surface area contributed by atoms with Crippen LogP contribution in [0.25, 0.3) is 0 Å². The van der Waals surface area contributed by atoms with Gasteiger partial charge in [0.1, 0.15) is 0 Å². The molecule has 0 aliphatic carbocycles. The molecule has 0 spiro atoms. The summed E-state index contributed by atoms with van der Waals surface area (Å²) in [7, 11) is 1.83. The van der Waals surface area contributed by atoms with Crippen molar-refractivity contribution in [3.05, 3.63) is 0 Å². The van der Waals surface area contributed by atoms with E-state index >= 15 is 0 Å². The molecule has 0 heterocycles. The molecule has 0 aliphatic rings. The van der Waals surface area contributed by atoms with Crippen molar-refractivity contribution in [2.45, 2.75) is 0 Å². The molecule has 0 saturated heterocycles. The minimum Gasteiger partial charge on any atom is -0.747 e. The van der Waals surface area contributed by atoms with E-state index in [2.05, 4.69) is 46.6 Å². The largest absolute Gasteiger partial charge is 2.00 e. The number of hydrogen-bond acceptors (Lipinski definition) is 6. The second kappa shape index (κ2) is 29.9. The van der Waals surface area contributed by atoms with Crippen LogP contribution in [0.3, 0.4) is 0 Å². The Hall–Kier alpha value is 4.62.